The van der Waals surface area contributed by atoms with Crippen LogP contribution in [0, 0.1) is 0 Å². The minimum absolute atomic E-state index is 0.211. The highest BCUT2D eigenvalue weighted by molar-refractivity contribution is 6.30. The van der Waals surface area contributed by atoms with Crippen LogP contribution >= 0.6 is 11.6 Å². The van der Waals surface area contributed by atoms with Crippen LogP contribution in [-0.2, 0) is 0 Å². The molecular weight excluding hydrogens is 286 g/mol. The van der Waals surface area contributed by atoms with Gasteiger partial charge >= 0.3 is 6.03 Å². The van der Waals surface area contributed by atoms with Crippen molar-refractivity contribution in [3.05, 3.63) is 53.6 Å². The molecule has 0 bridgehead atoms. The fourth-order valence-electron chi connectivity index (χ4n) is 2.01. The van der Waals surface area contributed by atoms with Gasteiger partial charge in [-0.05, 0) is 42.8 Å². The number of rotatable bonds is 4. The summed E-state index contributed by atoms with van der Waals surface area (Å²) in [4.78, 5) is 14.1. The summed E-state index contributed by atoms with van der Waals surface area (Å²) in [6.07, 6.45) is 0.836. The van der Waals surface area contributed by atoms with Crippen molar-refractivity contribution in [2.75, 3.05) is 22.5 Å². The molecular formula is C16H18ClN3O. The van der Waals surface area contributed by atoms with E-state index in [4.69, 9.17) is 17.3 Å². The van der Waals surface area contributed by atoms with Crippen LogP contribution in [0.2, 0.25) is 5.02 Å². The molecule has 3 N–H and O–H groups in total. The van der Waals surface area contributed by atoms with E-state index in [-0.39, 0.29) is 6.03 Å². The van der Waals surface area contributed by atoms with E-state index >= 15 is 0 Å². The van der Waals surface area contributed by atoms with Gasteiger partial charge in [-0.15, -0.1) is 0 Å². The van der Waals surface area contributed by atoms with E-state index in [0.29, 0.717) is 28.6 Å². The number of urea groups is 1. The Balaban J connectivity index is 2.20. The van der Waals surface area contributed by atoms with Gasteiger partial charge in [-0.25, -0.2) is 4.79 Å². The molecule has 2 aromatic carbocycles. The molecule has 0 saturated heterocycles. The lowest BCUT2D eigenvalue weighted by atomic mass is 10.2. The summed E-state index contributed by atoms with van der Waals surface area (Å²) < 4.78 is 0. The summed E-state index contributed by atoms with van der Waals surface area (Å²) in [7, 11) is 0. The fourth-order valence-corrected chi connectivity index (χ4v) is 2.14. The number of nitrogen functional groups attached to an aromatic ring is 1. The van der Waals surface area contributed by atoms with Gasteiger partial charge in [0.2, 0.25) is 0 Å². The van der Waals surface area contributed by atoms with Gasteiger partial charge in [0.05, 0.1) is 11.4 Å². The van der Waals surface area contributed by atoms with E-state index in [1.165, 1.54) is 0 Å². The lowest BCUT2D eigenvalue weighted by Crippen LogP contribution is -2.36. The number of amides is 2. The zero-order chi connectivity index (χ0) is 15.2. The van der Waals surface area contributed by atoms with Gasteiger partial charge in [0.1, 0.15) is 0 Å². The normalized spacial score (nSPS) is 10.2. The lowest BCUT2D eigenvalue weighted by Gasteiger charge is -2.24. The molecule has 0 heterocycles. The highest BCUT2D eigenvalue weighted by Gasteiger charge is 2.16. The van der Waals surface area contributed by atoms with Crippen molar-refractivity contribution in [1.82, 2.24) is 0 Å². The van der Waals surface area contributed by atoms with Gasteiger partial charge in [-0.2, -0.15) is 0 Å². The molecule has 110 valence electrons. The molecule has 21 heavy (non-hydrogen) atoms. The Morgan fingerprint density at radius 3 is 2.48 bits per heavy atom. The summed E-state index contributed by atoms with van der Waals surface area (Å²) in [5.74, 6) is 0. The van der Waals surface area contributed by atoms with Crippen LogP contribution in [0.4, 0.5) is 21.9 Å². The third kappa shape index (κ3) is 3.89. The van der Waals surface area contributed by atoms with Crippen LogP contribution in [0.5, 0.6) is 0 Å². The number of anilines is 3. The number of hydrogen-bond donors (Lipinski definition) is 2. The molecule has 2 aromatic rings. The fraction of sp³-hybridized carbons (Fsp3) is 0.188. The first-order valence-corrected chi connectivity index (χ1v) is 7.18. The summed E-state index contributed by atoms with van der Waals surface area (Å²) in [5, 5.41) is 3.48. The van der Waals surface area contributed by atoms with Crippen molar-refractivity contribution < 1.29 is 4.79 Å². The van der Waals surface area contributed by atoms with E-state index in [9.17, 15) is 4.79 Å². The smallest absolute Gasteiger partial charge is 0.326 e. The summed E-state index contributed by atoms with van der Waals surface area (Å²) in [5.41, 5.74) is 7.95. The second-order valence-electron chi connectivity index (χ2n) is 4.65. The summed E-state index contributed by atoms with van der Waals surface area (Å²) in [6, 6.07) is 14.1. The van der Waals surface area contributed by atoms with Crippen molar-refractivity contribution in [1.29, 1.82) is 0 Å². The Hall–Kier alpha value is -2.20. The third-order valence-corrected chi connectivity index (χ3v) is 3.27. The van der Waals surface area contributed by atoms with Crippen molar-refractivity contribution >= 4 is 34.7 Å². The van der Waals surface area contributed by atoms with Gasteiger partial charge in [0.25, 0.3) is 0 Å². The minimum atomic E-state index is -0.211. The molecule has 0 aromatic heterocycles. The second-order valence-corrected chi connectivity index (χ2v) is 5.08. The molecule has 4 nitrogen and oxygen atoms in total. The Bertz CT molecular complexity index is 613. The zero-order valence-corrected chi connectivity index (χ0v) is 12.6. The predicted octanol–water partition coefficient (Wildman–Crippen LogP) is 4.37. The molecule has 2 amide bonds. The molecule has 0 spiro atoms. The first kappa shape index (κ1) is 15.2. The van der Waals surface area contributed by atoms with E-state index < -0.39 is 0 Å². The Labute approximate surface area is 129 Å². The maximum atomic E-state index is 12.5. The van der Waals surface area contributed by atoms with E-state index in [1.54, 1.807) is 35.2 Å². The number of carbonyl (C=O) groups excluding carboxylic acids is 1. The SMILES string of the molecule is CCCN(C(=O)Nc1ccc(Cl)cc1)c1ccccc1N. The number of benzene rings is 2. The average Bonchev–Trinajstić information content (AvgIpc) is 2.48. The maximum Gasteiger partial charge on any atom is 0.326 e. The molecule has 5 heteroatoms. The molecule has 0 aliphatic rings. The van der Waals surface area contributed by atoms with Crippen molar-refractivity contribution in [2.24, 2.45) is 0 Å². The number of para-hydroxylation sites is 2. The number of nitrogens with zero attached hydrogens (tertiary/aromatic N) is 1. The van der Waals surface area contributed by atoms with E-state index in [2.05, 4.69) is 5.32 Å². The summed E-state index contributed by atoms with van der Waals surface area (Å²) >= 11 is 5.84. The van der Waals surface area contributed by atoms with E-state index in [0.717, 1.165) is 6.42 Å². The van der Waals surface area contributed by atoms with Crippen LogP contribution in [0.1, 0.15) is 13.3 Å². The predicted molar refractivity (Wildman–Crippen MR) is 89.0 cm³/mol. The number of carbonyl (C=O) groups is 1. The maximum absolute atomic E-state index is 12.5. The van der Waals surface area contributed by atoms with Crippen molar-refractivity contribution in [3.8, 4) is 0 Å². The van der Waals surface area contributed by atoms with Crippen molar-refractivity contribution in [3.63, 3.8) is 0 Å². The Morgan fingerprint density at radius 2 is 1.86 bits per heavy atom. The number of halogens is 1. The molecule has 0 radical (unpaired) electrons. The monoisotopic (exact) mass is 303 g/mol. The largest absolute Gasteiger partial charge is 0.397 e. The first-order chi connectivity index (χ1) is 10.1. The topological polar surface area (TPSA) is 58.4 Å². The molecule has 0 aliphatic carbocycles. The van der Waals surface area contributed by atoms with Gasteiger partial charge in [-0.1, -0.05) is 30.7 Å². The molecule has 0 saturated carbocycles. The first-order valence-electron chi connectivity index (χ1n) is 6.80. The van der Waals surface area contributed by atoms with Gasteiger partial charge in [-0.3, -0.25) is 4.90 Å². The number of nitrogens with two attached hydrogens (primary N) is 1. The van der Waals surface area contributed by atoms with Crippen LogP contribution in [0.15, 0.2) is 48.5 Å². The van der Waals surface area contributed by atoms with Gasteiger partial charge < -0.3 is 11.1 Å². The Morgan fingerprint density at radius 1 is 1.19 bits per heavy atom. The highest BCUT2D eigenvalue weighted by atomic mass is 35.5. The average molecular weight is 304 g/mol. The Kier molecular flexibility index (Phi) is 5.06. The number of hydrogen-bond acceptors (Lipinski definition) is 2. The van der Waals surface area contributed by atoms with Crippen LogP contribution in [0.3, 0.4) is 0 Å². The van der Waals surface area contributed by atoms with Crippen LogP contribution < -0.4 is 16.0 Å². The van der Waals surface area contributed by atoms with Crippen LogP contribution in [-0.4, -0.2) is 12.6 Å². The van der Waals surface area contributed by atoms with E-state index in [1.807, 2.05) is 25.1 Å². The second kappa shape index (κ2) is 6.99. The van der Waals surface area contributed by atoms with Gasteiger partial charge in [0, 0.05) is 17.3 Å². The molecule has 2 rings (SSSR count). The minimum Gasteiger partial charge on any atom is -0.397 e. The molecule has 0 aliphatic heterocycles. The quantitative estimate of drug-likeness (QED) is 0.824. The summed E-state index contributed by atoms with van der Waals surface area (Å²) in [6.45, 7) is 2.61. The molecule has 0 atom stereocenters. The van der Waals surface area contributed by atoms with Crippen molar-refractivity contribution in [2.45, 2.75) is 13.3 Å². The molecule has 0 fully saturated rings. The zero-order valence-electron chi connectivity index (χ0n) is 11.8. The standard InChI is InChI=1S/C16H18ClN3O/c1-2-11-20(15-6-4-3-5-14(15)18)16(21)19-13-9-7-12(17)8-10-13/h3-10H,2,11,18H2,1H3,(H,19,21). The highest BCUT2D eigenvalue weighted by Crippen LogP contribution is 2.24. The number of nitrogens with one attached hydrogen (secondary N) is 1. The van der Waals surface area contributed by atoms with Gasteiger partial charge in [0.15, 0.2) is 0 Å². The lowest BCUT2D eigenvalue weighted by molar-refractivity contribution is 0.257. The third-order valence-electron chi connectivity index (χ3n) is 3.02. The molecule has 0 unspecified atom stereocenters. The van der Waals surface area contributed by atoms with Crippen LogP contribution in [0.25, 0.3) is 0 Å².